The predicted octanol–water partition coefficient (Wildman–Crippen LogP) is 19.5. The molecule has 116 heavy (non-hydrogen) atoms. The molecule has 572 valence electrons. The average Bonchev–Trinajstić information content (AvgIpc) is 1.73. The van der Waals surface area contributed by atoms with Crippen molar-refractivity contribution in [3.63, 3.8) is 0 Å². The second kappa shape index (κ2) is 54.2. The van der Waals surface area contributed by atoms with Crippen LogP contribution >= 0.6 is 101 Å². The Hall–Kier alpha value is -10.6. The molecule has 0 atom stereocenters. The first kappa shape index (κ1) is 95.9. The van der Waals surface area contributed by atoms with Crippen LogP contribution < -0.4 is 63.7 Å². The van der Waals surface area contributed by atoms with Gasteiger partial charge >= 0.3 is 44.8 Å². The molecule has 22 heteroatoms. The van der Waals surface area contributed by atoms with E-state index < -0.39 is 40.3 Å². The predicted molar refractivity (Wildman–Crippen MR) is 480 cm³/mol. The van der Waals surface area contributed by atoms with Gasteiger partial charge in [-0.15, -0.1) is 0 Å². The van der Waals surface area contributed by atoms with Gasteiger partial charge < -0.3 is 10.8 Å². The Labute approximate surface area is 744 Å². The van der Waals surface area contributed by atoms with Crippen molar-refractivity contribution in [2.45, 2.75) is 8.59 Å². The first-order valence-corrected chi connectivity index (χ1v) is 42.1. The van der Waals surface area contributed by atoms with E-state index in [1.54, 1.807) is 60.3 Å². The third-order valence-electron chi connectivity index (χ3n) is 15.8. The van der Waals surface area contributed by atoms with Crippen LogP contribution in [0.5, 0.6) is 0 Å². The van der Waals surface area contributed by atoms with Gasteiger partial charge in [-0.3, -0.25) is 11.7 Å². The Morgan fingerprint density at radius 3 is 0.336 bits per heavy atom. The summed E-state index contributed by atoms with van der Waals surface area (Å²) in [6.07, 6.45) is 0. The van der Waals surface area contributed by atoms with Crippen molar-refractivity contribution in [3.05, 3.63) is 431 Å². The smallest absolute Gasteiger partial charge is 0.763 e. The molecule has 0 aliphatic heterocycles. The minimum absolute atomic E-state index is 0. The molecule has 0 amide bonds. The number of hydrogen-bond acceptors (Lipinski definition) is 8. The Balaban J connectivity index is 0.000000243. The van der Waals surface area contributed by atoms with Crippen LogP contribution in [0, 0.1) is 90.6 Å². The van der Waals surface area contributed by atoms with Crippen molar-refractivity contribution in [3.8, 4) is 48.6 Å². The number of alkyl halides is 6. The van der Waals surface area contributed by atoms with Crippen LogP contribution in [-0.2, 0) is 44.8 Å². The van der Waals surface area contributed by atoms with Gasteiger partial charge in [0.2, 0.25) is 0 Å². The fraction of sp³-hybridized carbons (Fsp3) is 0.0213. The number of halogens is 6. The molecule has 0 radical (unpaired) electrons. The molecule has 0 heterocycles. The SMILES string of the molecule is ClC(Cl)Cl.ClC(Cl)Cl.N#CC1=C(C#N)C(C#N)=C(C#N)C1=C=[N-].N#CC1=C(C#N)C(C#N)=C(C#N)C1=C=[N-].[Ag+].[Ag+].c1ccc(P(c2ccccc2)c2ccccc2)cc1.c1ccc(P(c2ccccc2)c2ccccc2)cc1.c1ccc(P(c2ccccc2)c2ccccc2)cc1.c1ccc(P(c2ccccc2)c2ccccc2)cc1. The summed E-state index contributed by atoms with van der Waals surface area (Å²) in [5, 5.41) is 104. The van der Waals surface area contributed by atoms with Gasteiger partial charge in [-0.25, -0.2) is 0 Å². The maximum Gasteiger partial charge on any atom is 1.00 e. The van der Waals surface area contributed by atoms with Crippen LogP contribution in [0.1, 0.15) is 0 Å². The normalized spacial score (nSPS) is 11.1. The molecular weight excluding hydrogens is 1820 g/mol. The van der Waals surface area contributed by atoms with E-state index in [1.165, 1.54) is 63.7 Å². The van der Waals surface area contributed by atoms with E-state index in [0.29, 0.717) is 0 Å². The van der Waals surface area contributed by atoms with Crippen molar-refractivity contribution < 1.29 is 44.8 Å². The molecule has 0 spiro atoms. The van der Waals surface area contributed by atoms with Crippen molar-refractivity contribution >= 4 is 177 Å². The molecule has 0 unspecified atom stereocenters. The monoisotopic (exact) mass is 1880 g/mol. The van der Waals surface area contributed by atoms with Gasteiger partial charge in [-0.2, -0.15) is 42.1 Å². The van der Waals surface area contributed by atoms with E-state index >= 15 is 0 Å². The maximum atomic E-state index is 8.72. The fourth-order valence-electron chi connectivity index (χ4n) is 11.1. The summed E-state index contributed by atoms with van der Waals surface area (Å²) >= 11 is 28.8. The number of nitriles is 8. The summed E-state index contributed by atoms with van der Waals surface area (Å²) in [6, 6.07) is 142. The Morgan fingerprint density at radius 1 is 0.181 bits per heavy atom. The first-order valence-electron chi connectivity index (χ1n) is 34.2. The summed E-state index contributed by atoms with van der Waals surface area (Å²) in [7, 11) is -1.78. The Morgan fingerprint density at radius 2 is 0.267 bits per heavy atom. The number of hydrogen-bond donors (Lipinski definition) is 0. The molecule has 14 rings (SSSR count). The molecule has 0 fully saturated rings. The third kappa shape index (κ3) is 29.0. The van der Waals surface area contributed by atoms with Crippen molar-refractivity contribution in [2.24, 2.45) is 0 Å². The molecule has 2 aliphatic carbocycles. The summed E-state index contributed by atoms with van der Waals surface area (Å²) in [5.41, 5.74) is -2.01. The van der Waals surface area contributed by atoms with Gasteiger partial charge in [0.1, 0.15) is 48.6 Å². The van der Waals surface area contributed by atoms with Crippen LogP contribution in [0.25, 0.3) is 10.8 Å². The van der Waals surface area contributed by atoms with Crippen LogP contribution in [0.3, 0.4) is 0 Å². The third-order valence-corrected chi connectivity index (χ3v) is 25.6. The zero-order valence-corrected chi connectivity index (χ0v) is 72.0. The summed E-state index contributed by atoms with van der Waals surface area (Å²) < 4.78 is -1.50. The number of rotatable bonds is 12. The van der Waals surface area contributed by atoms with E-state index in [2.05, 4.69) is 364 Å². The van der Waals surface area contributed by atoms with Gasteiger partial charge in [0.25, 0.3) is 0 Å². The molecule has 12 aromatic carbocycles. The first-order chi connectivity index (χ1) is 55.7. The molecule has 0 saturated heterocycles. The van der Waals surface area contributed by atoms with Gasteiger partial charge in [0.05, 0.1) is 44.6 Å². The molecule has 10 nitrogen and oxygen atoms in total. The van der Waals surface area contributed by atoms with E-state index in [0.717, 1.165) is 0 Å². The minimum atomic E-state index is -0.750. The molecule has 0 N–H and O–H groups in total. The minimum Gasteiger partial charge on any atom is -0.763 e. The molecule has 2 aliphatic rings. The Bertz CT molecular complexity index is 4620. The molecule has 0 bridgehead atoms. The number of benzene rings is 12. The van der Waals surface area contributed by atoms with Crippen LogP contribution in [0.4, 0.5) is 0 Å². The average molecular weight is 1880 g/mol. The maximum absolute atomic E-state index is 8.72. The fourth-order valence-corrected chi connectivity index (χ4v) is 20.3. The molecular formula is C94H62Ag2Cl6N10P4. The van der Waals surface area contributed by atoms with Crippen LogP contribution in [0.15, 0.2) is 420 Å². The summed E-state index contributed by atoms with van der Waals surface area (Å²) in [6.45, 7) is 0. The van der Waals surface area contributed by atoms with Crippen molar-refractivity contribution in [1.29, 1.82) is 42.1 Å². The van der Waals surface area contributed by atoms with Gasteiger partial charge in [0, 0.05) is 11.1 Å². The number of nitrogens with zero attached hydrogens (tertiary/aromatic N) is 10. The van der Waals surface area contributed by atoms with Crippen LogP contribution in [0.2, 0.25) is 0 Å². The van der Waals surface area contributed by atoms with Crippen molar-refractivity contribution in [2.75, 3.05) is 0 Å². The topological polar surface area (TPSA) is 235 Å². The van der Waals surface area contributed by atoms with Crippen LogP contribution in [-0.4, -0.2) is 20.3 Å². The second-order valence-electron chi connectivity index (χ2n) is 22.7. The summed E-state index contributed by atoms with van der Waals surface area (Å²) in [5.74, 6) is 3.30. The molecule has 0 aromatic heterocycles. The summed E-state index contributed by atoms with van der Waals surface area (Å²) in [4.78, 5) is 0. The van der Waals surface area contributed by atoms with Crippen molar-refractivity contribution in [1.82, 2.24) is 0 Å². The molecule has 0 saturated carbocycles. The van der Waals surface area contributed by atoms with Gasteiger partial charge in [0.15, 0.2) is 8.59 Å². The van der Waals surface area contributed by atoms with E-state index in [-0.39, 0.29) is 100 Å². The standard InChI is InChI=1S/4C18H15P.2C10N5.2CHCl3.2Ag/c4*1-4-10-16(11-5-1)19(17-12-6-2-7-13-17)18-14-8-3-9-15-18;2*11-1-6-7(2-12)9(4-14)10(5-15)8(6)3-13;2*2-1(3)4;;/h4*1-15H;;;2*1H;;/q;;;;2*-1;;;2*+1. The van der Waals surface area contributed by atoms with Gasteiger partial charge in [-0.05, 0) is 95.3 Å². The number of allylic oxidation sites excluding steroid dienone is 10. The van der Waals surface area contributed by atoms with E-state index in [4.69, 9.17) is 123 Å². The van der Waals surface area contributed by atoms with E-state index in [1.807, 2.05) is 0 Å². The van der Waals surface area contributed by atoms with Gasteiger partial charge in [-0.1, -0.05) is 434 Å². The zero-order valence-electron chi connectivity index (χ0n) is 60.9. The zero-order chi connectivity index (χ0) is 81.7. The molecule has 12 aromatic rings. The van der Waals surface area contributed by atoms with E-state index in [9.17, 15) is 0 Å². The second-order valence-corrected chi connectivity index (χ2v) is 35.6. The largest absolute Gasteiger partial charge is 1.00 e. The quantitative estimate of drug-likeness (QED) is 0.0492. The Kier molecular flexibility index (Phi) is 44.9.